The van der Waals surface area contributed by atoms with Gasteiger partial charge in [-0.25, -0.2) is 5.01 Å². The normalized spacial score (nSPS) is 23.7. The maximum absolute atomic E-state index is 13.6. The number of Topliss-reactive ketones (excluding diaryl/α,β-unsaturated/α-hetero) is 1. The van der Waals surface area contributed by atoms with Gasteiger partial charge in [-0.2, -0.15) is 5.01 Å². The third-order valence-electron chi connectivity index (χ3n) is 6.21. The molecule has 2 aromatic rings. The average molecular weight is 647 g/mol. The zero-order valence-corrected chi connectivity index (χ0v) is 23.1. The lowest BCUT2D eigenvalue weighted by Gasteiger charge is -2.30. The fourth-order valence-corrected chi connectivity index (χ4v) is 6.10. The van der Waals surface area contributed by atoms with Crippen molar-refractivity contribution in [2.75, 3.05) is 13.7 Å². The summed E-state index contributed by atoms with van der Waals surface area (Å²) in [4.78, 5) is 53.7. The van der Waals surface area contributed by atoms with Gasteiger partial charge in [-0.05, 0) is 43.2 Å². The number of imide groups is 1. The Bertz CT molecular complexity index is 1180. The molecule has 0 bridgehead atoms. The summed E-state index contributed by atoms with van der Waals surface area (Å²) in [5.41, 5.74) is 0.281. The molecule has 0 unspecified atom stereocenters. The molecule has 35 heavy (non-hydrogen) atoms. The van der Waals surface area contributed by atoms with Gasteiger partial charge in [-0.15, -0.1) is 0 Å². The van der Waals surface area contributed by atoms with Crippen LogP contribution in [0.15, 0.2) is 42.5 Å². The van der Waals surface area contributed by atoms with Crippen LogP contribution in [0.25, 0.3) is 0 Å². The van der Waals surface area contributed by atoms with E-state index in [1.54, 1.807) is 18.2 Å². The Balaban J connectivity index is 1.72. The lowest BCUT2D eigenvalue weighted by atomic mass is 9.81. The number of rotatable bonds is 6. The van der Waals surface area contributed by atoms with Gasteiger partial charge in [0.25, 0.3) is 17.7 Å². The number of hydrazine groups is 1. The Morgan fingerprint density at radius 1 is 1.03 bits per heavy atom. The summed E-state index contributed by atoms with van der Waals surface area (Å²) in [6.45, 7) is -0.544. The van der Waals surface area contributed by atoms with E-state index in [4.69, 9.17) is 27.9 Å². The van der Waals surface area contributed by atoms with E-state index in [0.29, 0.717) is 23.6 Å². The first-order valence-corrected chi connectivity index (χ1v) is 13.3. The largest absolute Gasteiger partial charge is 0.497 e. The highest BCUT2D eigenvalue weighted by Gasteiger charge is 2.54. The predicted molar refractivity (Wildman–Crippen MR) is 138 cm³/mol. The Morgan fingerprint density at radius 2 is 1.66 bits per heavy atom. The van der Waals surface area contributed by atoms with E-state index in [0.717, 1.165) is 10.0 Å². The molecule has 4 rings (SSSR count). The topological polar surface area (TPSA) is 84.0 Å². The summed E-state index contributed by atoms with van der Waals surface area (Å²) in [5, 5.41) is 2.08. The maximum Gasteiger partial charge on any atom is 0.274 e. The zero-order chi connectivity index (χ0) is 25.4. The Hall–Kier alpha value is -1.94. The van der Waals surface area contributed by atoms with E-state index in [1.807, 2.05) is 0 Å². The minimum Gasteiger partial charge on any atom is -0.497 e. The van der Waals surface area contributed by atoms with Crippen molar-refractivity contribution in [3.8, 4) is 5.75 Å². The number of amides is 3. The molecule has 2 fully saturated rings. The summed E-state index contributed by atoms with van der Waals surface area (Å²) >= 11 is 19.4. The first-order chi connectivity index (χ1) is 16.6. The molecule has 184 valence electrons. The second-order valence-corrected chi connectivity index (χ2v) is 11.5. The molecule has 0 spiro atoms. The van der Waals surface area contributed by atoms with Crippen LogP contribution in [0.5, 0.6) is 5.75 Å². The fraction of sp³-hybridized carbons (Fsp3) is 0.333. The number of hydrogen-bond donors (Lipinski definition) is 0. The Kier molecular flexibility index (Phi) is 7.90. The zero-order valence-electron chi connectivity index (χ0n) is 18.4. The van der Waals surface area contributed by atoms with Gasteiger partial charge in [0.15, 0.2) is 5.78 Å². The molecule has 0 radical (unpaired) electrons. The van der Waals surface area contributed by atoms with Crippen molar-refractivity contribution in [2.24, 2.45) is 11.8 Å². The number of halogens is 4. The second-order valence-electron chi connectivity index (χ2n) is 8.35. The van der Waals surface area contributed by atoms with Crippen molar-refractivity contribution in [3.63, 3.8) is 0 Å². The lowest BCUT2D eigenvalue weighted by molar-refractivity contribution is -0.154. The summed E-state index contributed by atoms with van der Waals surface area (Å²) in [5.74, 6) is -2.99. The van der Waals surface area contributed by atoms with E-state index < -0.39 is 41.9 Å². The first-order valence-electron chi connectivity index (χ1n) is 10.7. The van der Waals surface area contributed by atoms with E-state index in [9.17, 15) is 19.2 Å². The number of methoxy groups -OCH3 is 1. The molecule has 0 aromatic heterocycles. The smallest absolute Gasteiger partial charge is 0.274 e. The molecule has 0 N–H and O–H groups in total. The van der Waals surface area contributed by atoms with E-state index in [-0.39, 0.29) is 25.8 Å². The Morgan fingerprint density at radius 3 is 2.23 bits per heavy atom. The molecular weight excluding hydrogens is 627 g/mol. The van der Waals surface area contributed by atoms with Crippen LogP contribution < -0.4 is 4.74 Å². The minimum absolute atomic E-state index is 0.00581. The van der Waals surface area contributed by atoms with Gasteiger partial charge in [0.1, 0.15) is 12.3 Å². The van der Waals surface area contributed by atoms with E-state index in [2.05, 4.69) is 31.9 Å². The summed E-state index contributed by atoms with van der Waals surface area (Å²) in [7, 11) is 1.47. The average Bonchev–Trinajstić information content (AvgIpc) is 3.06. The van der Waals surface area contributed by atoms with E-state index >= 15 is 0 Å². The standard InChI is InChI=1S/C24H20Br2Cl2N2O5/c1-35-14-4-2-3-12(7-14)21(31)11-29(22(32)15-6-5-13(27)8-20(15)28)30-23(33)16-9-18(25)19(26)10-17(16)24(30)34/h2-8,16-19H,9-11H2,1H3/t16-,17+,18-,19-/m0/s1. The van der Waals surface area contributed by atoms with Crippen molar-refractivity contribution in [1.82, 2.24) is 10.0 Å². The van der Waals surface area contributed by atoms with Gasteiger partial charge in [0, 0.05) is 20.2 Å². The number of alkyl halides is 2. The van der Waals surface area contributed by atoms with Crippen LogP contribution in [0.2, 0.25) is 10.0 Å². The summed E-state index contributed by atoms with van der Waals surface area (Å²) < 4.78 is 5.18. The molecule has 1 saturated heterocycles. The third-order valence-corrected chi connectivity index (χ3v) is 9.49. The first kappa shape index (κ1) is 26.1. The molecular formula is C24H20Br2Cl2N2O5. The summed E-state index contributed by atoms with van der Waals surface area (Å²) in [6.07, 6.45) is 0.852. The van der Waals surface area contributed by atoms with Crippen LogP contribution in [0.1, 0.15) is 33.6 Å². The van der Waals surface area contributed by atoms with Gasteiger partial charge < -0.3 is 4.74 Å². The van der Waals surface area contributed by atoms with Crippen LogP contribution in [0, 0.1) is 11.8 Å². The van der Waals surface area contributed by atoms with Gasteiger partial charge in [-0.1, -0.05) is 67.2 Å². The molecule has 11 heteroatoms. The third kappa shape index (κ3) is 5.14. The summed E-state index contributed by atoms with van der Waals surface area (Å²) in [6, 6.07) is 10.7. The number of fused-ring (bicyclic) bond motifs is 1. The molecule has 4 atom stereocenters. The highest BCUT2D eigenvalue weighted by atomic mass is 79.9. The number of carbonyl (C=O) groups is 4. The minimum atomic E-state index is -0.756. The van der Waals surface area contributed by atoms with Crippen molar-refractivity contribution in [2.45, 2.75) is 22.5 Å². The van der Waals surface area contributed by atoms with Crippen molar-refractivity contribution in [1.29, 1.82) is 0 Å². The highest BCUT2D eigenvalue weighted by Crippen LogP contribution is 2.44. The number of nitrogens with zero attached hydrogens (tertiary/aromatic N) is 2. The van der Waals surface area contributed by atoms with Crippen LogP contribution in [-0.2, 0) is 9.59 Å². The highest BCUT2D eigenvalue weighted by molar-refractivity contribution is 9.12. The van der Waals surface area contributed by atoms with Gasteiger partial charge in [-0.3, -0.25) is 19.2 Å². The molecule has 1 aliphatic carbocycles. The van der Waals surface area contributed by atoms with Gasteiger partial charge in [0.2, 0.25) is 0 Å². The van der Waals surface area contributed by atoms with Crippen LogP contribution in [-0.4, -0.2) is 56.8 Å². The maximum atomic E-state index is 13.6. The van der Waals surface area contributed by atoms with Crippen LogP contribution >= 0.6 is 55.1 Å². The molecule has 1 saturated carbocycles. The molecule has 3 amide bonds. The van der Waals surface area contributed by atoms with E-state index in [1.165, 1.54) is 31.4 Å². The molecule has 2 aliphatic rings. The predicted octanol–water partition coefficient (Wildman–Crippen LogP) is 5.16. The van der Waals surface area contributed by atoms with Crippen LogP contribution in [0.3, 0.4) is 0 Å². The number of ether oxygens (including phenoxy) is 1. The van der Waals surface area contributed by atoms with Crippen molar-refractivity contribution < 1.29 is 23.9 Å². The van der Waals surface area contributed by atoms with Crippen molar-refractivity contribution in [3.05, 3.63) is 63.6 Å². The molecule has 1 aliphatic heterocycles. The van der Waals surface area contributed by atoms with Gasteiger partial charge in [0.05, 0.1) is 29.5 Å². The molecule has 7 nitrogen and oxygen atoms in total. The Labute approximate surface area is 228 Å². The molecule has 1 heterocycles. The SMILES string of the molecule is COc1cccc(C(=O)CN(C(=O)c2ccc(Cl)cc2Cl)N2C(=O)[C@H]3C[C@H](Br)[C@@H](Br)C[C@H]3C2=O)c1. The van der Waals surface area contributed by atoms with Crippen LogP contribution in [0.4, 0.5) is 0 Å². The molecule has 2 aromatic carbocycles. The van der Waals surface area contributed by atoms with Gasteiger partial charge >= 0.3 is 0 Å². The number of ketones is 1. The second kappa shape index (κ2) is 10.6. The number of benzene rings is 2. The quantitative estimate of drug-likeness (QED) is 0.246. The fourth-order valence-electron chi connectivity index (χ4n) is 4.37. The number of hydrogen-bond acceptors (Lipinski definition) is 5. The monoisotopic (exact) mass is 644 g/mol. The number of carbonyl (C=O) groups excluding carboxylic acids is 4. The lowest BCUT2D eigenvalue weighted by Crippen LogP contribution is -2.52. The van der Waals surface area contributed by atoms with Crippen molar-refractivity contribution >= 4 is 78.6 Å².